The maximum atomic E-state index is 12.2. The van der Waals surface area contributed by atoms with Crippen LogP contribution in [0.15, 0.2) is 24.3 Å². The molecule has 0 aromatic heterocycles. The third kappa shape index (κ3) is 4.04. The van der Waals surface area contributed by atoms with Crippen LogP contribution < -0.4 is 5.73 Å². The highest BCUT2D eigenvalue weighted by atomic mass is 16.6. The molecule has 0 radical (unpaired) electrons. The number of hydrogen-bond donors (Lipinski definition) is 1. The summed E-state index contributed by atoms with van der Waals surface area (Å²) in [6.45, 7) is 9.68. The van der Waals surface area contributed by atoms with Crippen molar-refractivity contribution in [2.24, 2.45) is 5.73 Å². The molecule has 2 aliphatic rings. The van der Waals surface area contributed by atoms with Crippen LogP contribution in [0.5, 0.6) is 0 Å². The molecule has 1 saturated carbocycles. The molecule has 2 N–H and O–H groups in total. The van der Waals surface area contributed by atoms with Gasteiger partial charge in [-0.3, -0.25) is 4.90 Å². The lowest BCUT2D eigenvalue weighted by atomic mass is 9.94. The van der Waals surface area contributed by atoms with Crippen LogP contribution in [0.4, 0.5) is 4.79 Å². The highest BCUT2D eigenvalue weighted by molar-refractivity contribution is 5.68. The summed E-state index contributed by atoms with van der Waals surface area (Å²) in [4.78, 5) is 16.4. The minimum absolute atomic E-state index is 0.0712. The molecule has 1 atom stereocenters. The van der Waals surface area contributed by atoms with E-state index < -0.39 is 5.60 Å². The minimum Gasteiger partial charge on any atom is -0.444 e. The zero-order valence-corrected chi connectivity index (χ0v) is 16.8. The van der Waals surface area contributed by atoms with Crippen molar-refractivity contribution >= 4 is 6.09 Å². The topological polar surface area (TPSA) is 58.8 Å². The van der Waals surface area contributed by atoms with Crippen LogP contribution in [0.3, 0.4) is 0 Å². The summed E-state index contributed by atoms with van der Waals surface area (Å²) in [5.41, 5.74) is 8.35. The Bertz CT molecular complexity index is 640. The number of rotatable bonds is 5. The van der Waals surface area contributed by atoms with Crippen molar-refractivity contribution in [2.75, 3.05) is 20.1 Å². The van der Waals surface area contributed by atoms with Gasteiger partial charge in [0.2, 0.25) is 0 Å². The molecular formula is C21H33N3O2. The molecule has 0 spiro atoms. The Kier molecular flexibility index (Phi) is 5.06. The summed E-state index contributed by atoms with van der Waals surface area (Å²) in [6.07, 6.45) is 3.00. The van der Waals surface area contributed by atoms with Crippen LogP contribution in [0, 0.1) is 0 Å². The maximum Gasteiger partial charge on any atom is 0.410 e. The Hall–Kier alpha value is -1.59. The van der Waals surface area contributed by atoms with Crippen LogP contribution in [0.1, 0.15) is 64.1 Å². The zero-order chi connectivity index (χ0) is 19.1. The lowest BCUT2D eigenvalue weighted by Gasteiger charge is -2.47. The monoisotopic (exact) mass is 359 g/mol. The van der Waals surface area contributed by atoms with Gasteiger partial charge in [0.05, 0.1) is 6.04 Å². The van der Waals surface area contributed by atoms with Gasteiger partial charge in [-0.15, -0.1) is 0 Å². The molecular weight excluding hydrogens is 326 g/mol. The fraction of sp³-hybridized carbons (Fsp3) is 0.667. The molecule has 26 heavy (non-hydrogen) atoms. The third-order valence-corrected chi connectivity index (χ3v) is 5.61. The van der Waals surface area contributed by atoms with Crippen molar-refractivity contribution in [3.05, 3.63) is 35.4 Å². The quantitative estimate of drug-likeness (QED) is 0.872. The Labute approximate surface area is 157 Å². The number of nitrogens with zero attached hydrogens (tertiary/aromatic N) is 2. The number of likely N-dealkylation sites (N-methyl/N-ethyl adjacent to an activating group) is 1. The molecule has 1 unspecified atom stereocenters. The van der Waals surface area contributed by atoms with Crippen LogP contribution in [-0.2, 0) is 10.3 Å². The van der Waals surface area contributed by atoms with Crippen molar-refractivity contribution in [1.82, 2.24) is 9.80 Å². The van der Waals surface area contributed by atoms with Crippen molar-refractivity contribution in [2.45, 2.75) is 70.2 Å². The molecule has 5 nitrogen and oxygen atoms in total. The molecule has 5 heteroatoms. The number of carbonyl (C=O) groups is 1. The van der Waals surface area contributed by atoms with Gasteiger partial charge in [0.25, 0.3) is 0 Å². The molecule has 1 amide bonds. The second-order valence-electron chi connectivity index (χ2n) is 8.90. The third-order valence-electron chi connectivity index (χ3n) is 5.61. The highest BCUT2D eigenvalue weighted by Crippen LogP contribution is 2.43. The highest BCUT2D eigenvalue weighted by Gasteiger charge is 2.40. The number of hydrogen-bond acceptors (Lipinski definition) is 4. The first kappa shape index (κ1) is 19.2. The van der Waals surface area contributed by atoms with Crippen molar-refractivity contribution in [3.63, 3.8) is 0 Å². The number of amides is 1. The number of benzene rings is 1. The Balaban J connectivity index is 1.57. The smallest absolute Gasteiger partial charge is 0.410 e. The van der Waals surface area contributed by atoms with Crippen LogP contribution in [-0.4, -0.2) is 47.7 Å². The Morgan fingerprint density at radius 2 is 1.88 bits per heavy atom. The molecule has 1 aromatic rings. The predicted octanol–water partition coefficient (Wildman–Crippen LogP) is 3.64. The van der Waals surface area contributed by atoms with E-state index >= 15 is 0 Å². The summed E-state index contributed by atoms with van der Waals surface area (Å²) in [7, 11) is 1.84. The number of nitrogens with two attached hydrogens (primary N) is 1. The second-order valence-corrected chi connectivity index (χ2v) is 8.90. The molecule has 1 heterocycles. The molecule has 0 bridgehead atoms. The van der Waals surface area contributed by atoms with Gasteiger partial charge in [0.15, 0.2) is 0 Å². The standard InChI is InChI=1S/C21H33N3O2/c1-6-18(15-7-9-16(10-8-15)21(22)11-12-21)24-13-17(14-24)23(5)19(25)26-20(2,3)4/h7-10,17-18H,6,11-14,22H2,1-5H3. The van der Waals surface area contributed by atoms with E-state index in [4.69, 9.17) is 10.5 Å². The number of likely N-dealkylation sites (tertiary alicyclic amines) is 1. The van der Waals surface area contributed by atoms with Crippen molar-refractivity contribution < 1.29 is 9.53 Å². The number of carbonyl (C=O) groups excluding carboxylic acids is 1. The normalized spacial score (nSPS) is 21.0. The SMILES string of the molecule is CCC(c1ccc(C2(N)CC2)cc1)N1CC(N(C)C(=O)OC(C)(C)C)C1. The molecule has 1 aromatic carbocycles. The fourth-order valence-corrected chi connectivity index (χ4v) is 3.64. The Morgan fingerprint density at radius 3 is 2.35 bits per heavy atom. The van der Waals surface area contributed by atoms with E-state index in [1.807, 2.05) is 27.8 Å². The van der Waals surface area contributed by atoms with Crippen LogP contribution >= 0.6 is 0 Å². The van der Waals surface area contributed by atoms with Gasteiger partial charge >= 0.3 is 6.09 Å². The van der Waals surface area contributed by atoms with Gasteiger partial charge < -0.3 is 15.4 Å². The van der Waals surface area contributed by atoms with E-state index in [1.165, 1.54) is 11.1 Å². The fourth-order valence-electron chi connectivity index (χ4n) is 3.64. The van der Waals surface area contributed by atoms with Gasteiger partial charge in [-0.05, 0) is 51.2 Å². The van der Waals surface area contributed by atoms with Gasteiger partial charge in [0, 0.05) is 31.7 Å². The molecule has 1 saturated heterocycles. The lowest BCUT2D eigenvalue weighted by Crippen LogP contribution is -2.60. The van der Waals surface area contributed by atoms with Crippen LogP contribution in [0.25, 0.3) is 0 Å². The summed E-state index contributed by atoms with van der Waals surface area (Å²) in [6, 6.07) is 9.43. The van der Waals surface area contributed by atoms with Gasteiger partial charge in [-0.2, -0.15) is 0 Å². The summed E-state index contributed by atoms with van der Waals surface area (Å²) >= 11 is 0. The van der Waals surface area contributed by atoms with E-state index in [2.05, 4.69) is 36.1 Å². The molecule has 1 aliphatic heterocycles. The largest absolute Gasteiger partial charge is 0.444 e. The lowest BCUT2D eigenvalue weighted by molar-refractivity contribution is -0.0164. The first-order chi connectivity index (χ1) is 12.1. The average molecular weight is 360 g/mol. The van der Waals surface area contributed by atoms with Gasteiger partial charge in [0.1, 0.15) is 5.60 Å². The molecule has 2 fully saturated rings. The van der Waals surface area contributed by atoms with Gasteiger partial charge in [-0.25, -0.2) is 4.79 Å². The minimum atomic E-state index is -0.454. The van der Waals surface area contributed by atoms with Crippen molar-refractivity contribution in [1.29, 1.82) is 0 Å². The maximum absolute atomic E-state index is 12.2. The first-order valence-electron chi connectivity index (χ1n) is 9.72. The average Bonchev–Trinajstić information content (AvgIpc) is 3.27. The van der Waals surface area contributed by atoms with E-state index in [1.54, 1.807) is 4.90 Å². The molecule has 3 rings (SSSR count). The summed E-state index contributed by atoms with van der Waals surface area (Å²) < 4.78 is 5.47. The van der Waals surface area contributed by atoms with E-state index in [9.17, 15) is 4.79 Å². The predicted molar refractivity (Wildman–Crippen MR) is 104 cm³/mol. The molecule has 1 aliphatic carbocycles. The van der Waals surface area contributed by atoms with Crippen molar-refractivity contribution in [3.8, 4) is 0 Å². The summed E-state index contributed by atoms with van der Waals surface area (Å²) in [5.74, 6) is 0. The van der Waals surface area contributed by atoms with Crippen LogP contribution in [0.2, 0.25) is 0 Å². The summed E-state index contributed by atoms with van der Waals surface area (Å²) in [5, 5.41) is 0. The number of ether oxygens (including phenoxy) is 1. The molecule has 144 valence electrons. The zero-order valence-electron chi connectivity index (χ0n) is 16.8. The first-order valence-corrected chi connectivity index (χ1v) is 9.72. The van der Waals surface area contributed by atoms with E-state index in [0.717, 1.165) is 32.4 Å². The van der Waals surface area contributed by atoms with E-state index in [0.29, 0.717) is 6.04 Å². The van der Waals surface area contributed by atoms with E-state index in [-0.39, 0.29) is 17.7 Å². The second kappa shape index (κ2) is 6.86. The van der Waals surface area contributed by atoms with Gasteiger partial charge in [-0.1, -0.05) is 31.2 Å². The Morgan fingerprint density at radius 1 is 1.31 bits per heavy atom.